The second-order valence-corrected chi connectivity index (χ2v) is 6.87. The van der Waals surface area contributed by atoms with Crippen molar-refractivity contribution < 1.29 is 9.09 Å². The first-order valence-electron chi connectivity index (χ1n) is 5.45. The molecule has 1 rings (SSSR count). The standard InChI is InChI=1S/C9H19Cl2N2O2P/c1-8-7-9(2)15-16(14,12-8)13(5-3-10)6-4-11/h8-9H,3-7H2,1-2H3,(H,12,14). The lowest BCUT2D eigenvalue weighted by Crippen LogP contribution is -2.42. The highest BCUT2D eigenvalue weighted by Gasteiger charge is 2.38. The number of halogens is 2. The average molecular weight is 289 g/mol. The first-order valence-corrected chi connectivity index (χ1v) is 8.10. The molecule has 0 aromatic heterocycles. The summed E-state index contributed by atoms with van der Waals surface area (Å²) in [5, 5.41) is 3.03. The van der Waals surface area contributed by atoms with Gasteiger partial charge in [-0.2, -0.15) is 0 Å². The third-order valence-electron chi connectivity index (χ3n) is 2.45. The molecule has 0 radical (unpaired) electrons. The lowest BCUT2D eigenvalue weighted by Gasteiger charge is -2.38. The molecule has 0 saturated carbocycles. The minimum atomic E-state index is -2.95. The lowest BCUT2D eigenvalue weighted by molar-refractivity contribution is 0.145. The monoisotopic (exact) mass is 288 g/mol. The summed E-state index contributed by atoms with van der Waals surface area (Å²) in [6.45, 7) is 4.96. The maximum atomic E-state index is 12.6. The zero-order chi connectivity index (χ0) is 12.2. The molecule has 4 nitrogen and oxygen atoms in total. The van der Waals surface area contributed by atoms with Gasteiger partial charge in [0.05, 0.1) is 6.10 Å². The molecule has 1 aliphatic heterocycles. The number of nitrogens with one attached hydrogen (secondary N) is 1. The molecule has 1 saturated heterocycles. The molecule has 96 valence electrons. The first-order chi connectivity index (χ1) is 7.51. The number of alkyl halides is 2. The smallest absolute Gasteiger partial charge is 0.303 e. The quantitative estimate of drug-likeness (QED) is 0.624. The Labute approximate surface area is 107 Å². The fourth-order valence-corrected chi connectivity index (χ4v) is 4.83. The molecule has 0 aromatic rings. The van der Waals surface area contributed by atoms with Crippen molar-refractivity contribution in [3.8, 4) is 0 Å². The van der Waals surface area contributed by atoms with Gasteiger partial charge in [0, 0.05) is 30.9 Å². The van der Waals surface area contributed by atoms with Crippen LogP contribution in [0.1, 0.15) is 20.3 Å². The van der Waals surface area contributed by atoms with E-state index in [1.54, 1.807) is 4.67 Å². The van der Waals surface area contributed by atoms with E-state index in [0.717, 1.165) is 6.42 Å². The maximum absolute atomic E-state index is 12.6. The topological polar surface area (TPSA) is 41.6 Å². The van der Waals surface area contributed by atoms with Gasteiger partial charge in [0.25, 0.3) is 0 Å². The van der Waals surface area contributed by atoms with E-state index in [1.807, 2.05) is 13.8 Å². The molecule has 3 atom stereocenters. The number of rotatable bonds is 5. The van der Waals surface area contributed by atoms with E-state index >= 15 is 0 Å². The first kappa shape index (κ1) is 14.7. The van der Waals surface area contributed by atoms with Gasteiger partial charge >= 0.3 is 7.67 Å². The van der Waals surface area contributed by atoms with Crippen molar-refractivity contribution in [2.75, 3.05) is 24.8 Å². The van der Waals surface area contributed by atoms with Gasteiger partial charge in [-0.25, -0.2) is 9.76 Å². The van der Waals surface area contributed by atoms with Crippen LogP contribution in [-0.4, -0.2) is 41.7 Å². The Bertz CT molecular complexity index is 248. The molecule has 0 bridgehead atoms. The van der Waals surface area contributed by atoms with Gasteiger partial charge in [-0.1, -0.05) is 0 Å². The Morgan fingerprint density at radius 3 is 2.38 bits per heavy atom. The van der Waals surface area contributed by atoms with Gasteiger partial charge in [-0.15, -0.1) is 23.2 Å². The van der Waals surface area contributed by atoms with Crippen LogP contribution < -0.4 is 5.09 Å². The summed E-state index contributed by atoms with van der Waals surface area (Å²) in [7, 11) is -2.95. The summed E-state index contributed by atoms with van der Waals surface area (Å²) in [5.41, 5.74) is 0. The second-order valence-electron chi connectivity index (χ2n) is 4.03. The zero-order valence-electron chi connectivity index (χ0n) is 9.66. The van der Waals surface area contributed by atoms with Crippen LogP contribution in [0.4, 0.5) is 0 Å². The van der Waals surface area contributed by atoms with E-state index in [1.165, 1.54) is 0 Å². The SMILES string of the molecule is CC1CC(C)OP(=O)(N(CCCl)CCCl)N1. The van der Waals surface area contributed by atoms with Crippen molar-refractivity contribution in [1.29, 1.82) is 0 Å². The lowest BCUT2D eigenvalue weighted by atomic mass is 10.2. The van der Waals surface area contributed by atoms with Crippen LogP contribution in [0.5, 0.6) is 0 Å². The highest BCUT2D eigenvalue weighted by molar-refractivity contribution is 7.54. The minimum absolute atomic E-state index is 0.00441. The van der Waals surface area contributed by atoms with Crippen LogP contribution in [0.2, 0.25) is 0 Å². The predicted octanol–water partition coefficient (Wildman–Crippen LogP) is 2.66. The van der Waals surface area contributed by atoms with Gasteiger partial charge in [0.2, 0.25) is 0 Å². The summed E-state index contributed by atoms with van der Waals surface area (Å²) in [4.78, 5) is 0. The van der Waals surface area contributed by atoms with Crippen LogP contribution in [-0.2, 0) is 9.09 Å². The van der Waals surface area contributed by atoms with Gasteiger partial charge < -0.3 is 4.52 Å². The normalized spacial score (nSPS) is 35.6. The van der Waals surface area contributed by atoms with E-state index < -0.39 is 7.67 Å². The second kappa shape index (κ2) is 6.58. The molecule has 3 unspecified atom stereocenters. The molecule has 7 heteroatoms. The molecule has 0 spiro atoms. The third-order valence-corrected chi connectivity index (χ3v) is 5.34. The Kier molecular flexibility index (Phi) is 6.06. The highest BCUT2D eigenvalue weighted by atomic mass is 35.5. The van der Waals surface area contributed by atoms with E-state index in [9.17, 15) is 4.57 Å². The fraction of sp³-hybridized carbons (Fsp3) is 1.00. The highest BCUT2D eigenvalue weighted by Crippen LogP contribution is 2.51. The van der Waals surface area contributed by atoms with E-state index in [4.69, 9.17) is 27.7 Å². The number of nitrogens with zero attached hydrogens (tertiary/aromatic N) is 1. The molecule has 1 fully saturated rings. The summed E-state index contributed by atoms with van der Waals surface area (Å²) in [6, 6.07) is 0.183. The van der Waals surface area contributed by atoms with Crippen LogP contribution in [0.15, 0.2) is 0 Å². The summed E-state index contributed by atoms with van der Waals surface area (Å²) in [6.07, 6.45) is 0.856. The Morgan fingerprint density at radius 2 is 1.94 bits per heavy atom. The number of hydrogen-bond acceptors (Lipinski definition) is 2. The fourth-order valence-electron chi connectivity index (χ4n) is 1.87. The Morgan fingerprint density at radius 1 is 1.38 bits per heavy atom. The summed E-state index contributed by atoms with van der Waals surface area (Å²) in [5.74, 6) is 0.823. The average Bonchev–Trinajstić information content (AvgIpc) is 2.15. The summed E-state index contributed by atoms with van der Waals surface area (Å²) >= 11 is 11.4. The van der Waals surface area contributed by atoms with Gasteiger partial charge in [-0.3, -0.25) is 4.57 Å². The zero-order valence-corrected chi connectivity index (χ0v) is 12.1. The van der Waals surface area contributed by atoms with Crippen LogP contribution in [0.3, 0.4) is 0 Å². The largest absolute Gasteiger partial charge is 0.343 e. The van der Waals surface area contributed by atoms with Crippen molar-refractivity contribution in [1.82, 2.24) is 9.76 Å². The van der Waals surface area contributed by atoms with Crippen molar-refractivity contribution in [3.05, 3.63) is 0 Å². The predicted molar refractivity (Wildman–Crippen MR) is 68.4 cm³/mol. The van der Waals surface area contributed by atoms with Crippen molar-refractivity contribution in [2.24, 2.45) is 0 Å². The van der Waals surface area contributed by atoms with Gasteiger partial charge in [-0.05, 0) is 20.3 Å². The van der Waals surface area contributed by atoms with Crippen molar-refractivity contribution >= 4 is 30.9 Å². The minimum Gasteiger partial charge on any atom is -0.303 e. The Balaban J connectivity index is 2.74. The molecule has 0 aliphatic carbocycles. The molecular formula is C9H19Cl2N2O2P. The molecule has 1 heterocycles. The molecule has 16 heavy (non-hydrogen) atoms. The molecule has 0 amide bonds. The molecule has 1 N–H and O–H groups in total. The van der Waals surface area contributed by atoms with Crippen LogP contribution in [0, 0.1) is 0 Å². The van der Waals surface area contributed by atoms with Crippen molar-refractivity contribution in [3.63, 3.8) is 0 Å². The maximum Gasteiger partial charge on any atom is 0.343 e. The van der Waals surface area contributed by atoms with Crippen LogP contribution in [0.25, 0.3) is 0 Å². The summed E-state index contributed by atoms with van der Waals surface area (Å²) < 4.78 is 19.9. The molecule has 1 aliphatic rings. The van der Waals surface area contributed by atoms with E-state index in [2.05, 4.69) is 5.09 Å². The van der Waals surface area contributed by atoms with Crippen LogP contribution >= 0.6 is 30.9 Å². The molecule has 0 aromatic carbocycles. The third kappa shape index (κ3) is 3.86. The van der Waals surface area contributed by atoms with E-state index in [-0.39, 0.29) is 12.1 Å². The molecular weight excluding hydrogens is 270 g/mol. The van der Waals surface area contributed by atoms with Gasteiger partial charge in [0.15, 0.2) is 0 Å². The van der Waals surface area contributed by atoms with Gasteiger partial charge in [0.1, 0.15) is 0 Å². The van der Waals surface area contributed by atoms with Crippen molar-refractivity contribution in [2.45, 2.75) is 32.4 Å². The Hall–Kier alpha value is 0.690. The van der Waals surface area contributed by atoms with E-state index in [0.29, 0.717) is 24.8 Å². The number of hydrogen-bond donors (Lipinski definition) is 1.